The summed E-state index contributed by atoms with van der Waals surface area (Å²) >= 11 is 0. The Bertz CT molecular complexity index is 345. The Labute approximate surface area is 83.8 Å². The van der Waals surface area contributed by atoms with Crippen molar-refractivity contribution in [3.05, 3.63) is 42.1 Å². The number of amides is 2. The van der Waals surface area contributed by atoms with Gasteiger partial charge in [-0.05, 0) is 31.5 Å². The lowest BCUT2D eigenvalue weighted by atomic mass is 10.2. The van der Waals surface area contributed by atoms with Crippen molar-refractivity contribution in [1.29, 1.82) is 0 Å². The second-order valence-corrected chi connectivity index (χ2v) is 2.97. The lowest BCUT2D eigenvalue weighted by Gasteiger charge is -2.04. The minimum absolute atomic E-state index is 0.228. The highest BCUT2D eigenvalue weighted by Crippen LogP contribution is 2.08. The van der Waals surface area contributed by atoms with Crippen LogP contribution in [-0.2, 0) is 0 Å². The van der Waals surface area contributed by atoms with Gasteiger partial charge in [-0.3, -0.25) is 0 Å². The molecule has 0 unspecified atom stereocenters. The summed E-state index contributed by atoms with van der Waals surface area (Å²) < 4.78 is 0. The Kier molecular flexibility index (Phi) is 3.73. The molecule has 74 valence electrons. The van der Waals surface area contributed by atoms with Gasteiger partial charge in [-0.2, -0.15) is 0 Å². The molecule has 0 atom stereocenters. The summed E-state index contributed by atoms with van der Waals surface area (Å²) in [5.41, 5.74) is 1.92. The molecule has 0 aliphatic carbocycles. The number of benzene rings is 1. The largest absolute Gasteiger partial charge is 0.323 e. The van der Waals surface area contributed by atoms with Gasteiger partial charge in [0, 0.05) is 11.9 Å². The molecule has 2 N–H and O–H groups in total. The molecule has 0 fully saturated rings. The van der Waals surface area contributed by atoms with Crippen LogP contribution in [0.2, 0.25) is 0 Å². The van der Waals surface area contributed by atoms with Crippen molar-refractivity contribution in [1.82, 2.24) is 5.32 Å². The maximum Gasteiger partial charge on any atom is 0.323 e. The molecule has 1 aromatic rings. The molecular weight excluding hydrogens is 176 g/mol. The van der Waals surface area contributed by atoms with Gasteiger partial charge in [-0.15, -0.1) is 0 Å². The van der Waals surface area contributed by atoms with Gasteiger partial charge in [0.2, 0.25) is 0 Å². The fourth-order valence-corrected chi connectivity index (χ4v) is 1.05. The topological polar surface area (TPSA) is 41.1 Å². The average Bonchev–Trinajstić information content (AvgIpc) is 2.15. The maximum absolute atomic E-state index is 11.2. The van der Waals surface area contributed by atoms with Gasteiger partial charge >= 0.3 is 6.03 Å². The fraction of sp³-hybridized carbons (Fsp3) is 0.182. The number of nitrogens with one attached hydrogen (secondary N) is 2. The monoisotopic (exact) mass is 190 g/mol. The van der Waals surface area contributed by atoms with Gasteiger partial charge in [0.05, 0.1) is 0 Å². The second-order valence-electron chi connectivity index (χ2n) is 2.97. The predicted octanol–water partition coefficient (Wildman–Crippen LogP) is 2.65. The third kappa shape index (κ3) is 3.31. The first-order valence-corrected chi connectivity index (χ1v) is 4.47. The van der Waals surface area contributed by atoms with Crippen molar-refractivity contribution >= 4 is 11.7 Å². The van der Waals surface area contributed by atoms with Crippen LogP contribution >= 0.6 is 0 Å². The summed E-state index contributed by atoms with van der Waals surface area (Å²) in [5, 5.41) is 5.29. The van der Waals surface area contributed by atoms with E-state index in [1.165, 1.54) is 0 Å². The van der Waals surface area contributed by atoms with E-state index in [9.17, 15) is 4.79 Å². The molecule has 0 spiro atoms. The van der Waals surface area contributed by atoms with Crippen molar-refractivity contribution in [3.63, 3.8) is 0 Å². The molecule has 0 heterocycles. The van der Waals surface area contributed by atoms with Crippen molar-refractivity contribution in [3.8, 4) is 0 Å². The Morgan fingerprint density at radius 3 is 2.86 bits per heavy atom. The van der Waals surface area contributed by atoms with Gasteiger partial charge in [0.1, 0.15) is 0 Å². The van der Waals surface area contributed by atoms with E-state index in [1.807, 2.05) is 38.1 Å². The number of urea groups is 1. The summed E-state index contributed by atoms with van der Waals surface area (Å²) in [6.45, 7) is 3.82. The lowest BCUT2D eigenvalue weighted by Crippen LogP contribution is -2.23. The number of hydrogen-bond acceptors (Lipinski definition) is 1. The molecule has 14 heavy (non-hydrogen) atoms. The maximum atomic E-state index is 11.2. The van der Waals surface area contributed by atoms with E-state index in [2.05, 4.69) is 10.6 Å². The first kappa shape index (κ1) is 10.3. The van der Waals surface area contributed by atoms with E-state index in [0.29, 0.717) is 0 Å². The number of hydrogen-bond donors (Lipinski definition) is 2. The van der Waals surface area contributed by atoms with Crippen LogP contribution in [0.1, 0.15) is 12.5 Å². The zero-order valence-corrected chi connectivity index (χ0v) is 8.37. The molecule has 0 aliphatic rings. The zero-order chi connectivity index (χ0) is 10.4. The molecule has 3 nitrogen and oxygen atoms in total. The number of anilines is 1. The Balaban J connectivity index is 2.56. The van der Waals surface area contributed by atoms with Gasteiger partial charge in [0.25, 0.3) is 0 Å². The normalized spacial score (nSPS) is 10.1. The van der Waals surface area contributed by atoms with E-state index >= 15 is 0 Å². The number of allylic oxidation sites excluding steroid dienone is 1. The predicted molar refractivity (Wildman–Crippen MR) is 58.1 cm³/mol. The van der Waals surface area contributed by atoms with E-state index in [-0.39, 0.29) is 6.03 Å². The number of rotatable bonds is 2. The highest BCUT2D eigenvalue weighted by Gasteiger charge is 1.97. The SMILES string of the molecule is CC=CNC(=O)Nc1cccc(C)c1. The number of aryl methyl sites for hydroxylation is 1. The molecule has 0 radical (unpaired) electrons. The third-order valence-electron chi connectivity index (χ3n) is 1.66. The van der Waals surface area contributed by atoms with Crippen LogP contribution in [0.4, 0.5) is 10.5 Å². The quantitative estimate of drug-likeness (QED) is 0.739. The average molecular weight is 190 g/mol. The van der Waals surface area contributed by atoms with Crippen molar-refractivity contribution in [2.24, 2.45) is 0 Å². The Morgan fingerprint density at radius 1 is 1.43 bits per heavy atom. The van der Waals surface area contributed by atoms with Crippen LogP contribution in [0, 0.1) is 6.92 Å². The van der Waals surface area contributed by atoms with Gasteiger partial charge in [-0.1, -0.05) is 18.2 Å². The van der Waals surface area contributed by atoms with Crippen molar-refractivity contribution in [2.45, 2.75) is 13.8 Å². The number of carbonyl (C=O) groups is 1. The minimum atomic E-state index is -0.228. The summed E-state index contributed by atoms with van der Waals surface area (Å²) in [6.07, 6.45) is 3.35. The van der Waals surface area contributed by atoms with Crippen molar-refractivity contribution in [2.75, 3.05) is 5.32 Å². The molecule has 0 aliphatic heterocycles. The molecule has 3 heteroatoms. The third-order valence-corrected chi connectivity index (χ3v) is 1.66. The molecule has 0 bridgehead atoms. The summed E-state index contributed by atoms with van der Waals surface area (Å²) in [7, 11) is 0. The molecule has 2 amide bonds. The van der Waals surface area contributed by atoms with Crippen LogP contribution in [0.25, 0.3) is 0 Å². The molecule has 0 saturated heterocycles. The standard InChI is InChI=1S/C11H14N2O/c1-3-7-12-11(14)13-10-6-4-5-9(2)8-10/h3-8H,1-2H3,(H2,12,13,14). The van der Waals surface area contributed by atoms with Gasteiger partial charge in [-0.25, -0.2) is 4.79 Å². The number of carbonyl (C=O) groups excluding carboxylic acids is 1. The van der Waals surface area contributed by atoms with Crippen LogP contribution in [-0.4, -0.2) is 6.03 Å². The molecule has 1 rings (SSSR count). The first-order valence-electron chi connectivity index (χ1n) is 4.47. The summed E-state index contributed by atoms with van der Waals surface area (Å²) in [5.74, 6) is 0. The zero-order valence-electron chi connectivity index (χ0n) is 8.37. The molecule has 0 saturated carbocycles. The second kappa shape index (κ2) is 5.07. The highest BCUT2D eigenvalue weighted by atomic mass is 16.2. The Hall–Kier alpha value is -1.77. The van der Waals surface area contributed by atoms with E-state index < -0.39 is 0 Å². The van der Waals surface area contributed by atoms with Crippen LogP contribution in [0.3, 0.4) is 0 Å². The fourth-order valence-electron chi connectivity index (χ4n) is 1.05. The highest BCUT2D eigenvalue weighted by molar-refractivity contribution is 5.89. The molecular formula is C11H14N2O. The summed E-state index contributed by atoms with van der Waals surface area (Å²) in [6, 6.07) is 7.42. The smallest absolute Gasteiger partial charge is 0.315 e. The lowest BCUT2D eigenvalue weighted by molar-refractivity contribution is 0.255. The van der Waals surface area contributed by atoms with Gasteiger partial charge in [0.15, 0.2) is 0 Å². The van der Waals surface area contributed by atoms with Crippen LogP contribution in [0.5, 0.6) is 0 Å². The van der Waals surface area contributed by atoms with E-state index in [1.54, 1.807) is 12.3 Å². The summed E-state index contributed by atoms with van der Waals surface area (Å²) in [4.78, 5) is 11.2. The molecule has 1 aromatic carbocycles. The Morgan fingerprint density at radius 2 is 2.21 bits per heavy atom. The van der Waals surface area contributed by atoms with E-state index in [0.717, 1.165) is 11.3 Å². The van der Waals surface area contributed by atoms with Crippen molar-refractivity contribution < 1.29 is 4.79 Å². The van der Waals surface area contributed by atoms with Crippen LogP contribution in [0.15, 0.2) is 36.5 Å². The van der Waals surface area contributed by atoms with E-state index in [4.69, 9.17) is 0 Å². The van der Waals surface area contributed by atoms with Crippen LogP contribution < -0.4 is 10.6 Å². The van der Waals surface area contributed by atoms with Gasteiger partial charge < -0.3 is 10.6 Å². The first-order chi connectivity index (χ1) is 6.72. The minimum Gasteiger partial charge on any atom is -0.315 e. The molecule has 0 aromatic heterocycles.